The quantitative estimate of drug-likeness (QED) is 0.545. The van der Waals surface area contributed by atoms with Crippen molar-refractivity contribution in [2.45, 2.75) is 57.4 Å². The number of carbonyl (C=O) groups excluding carboxylic acids is 1. The molecule has 2 aromatic heterocycles. The number of fused-ring (bicyclic) bond motifs is 1. The molecule has 1 saturated heterocycles. The average Bonchev–Trinajstić information content (AvgIpc) is 3.47. The highest BCUT2D eigenvalue weighted by Crippen LogP contribution is 2.38. The molecule has 1 saturated carbocycles. The standard InChI is InChI=1S/C27H34N4O2/c1-30(2)26(32)27(17-23-16-25(29-33-23)21-7-4-3-5-8-21)12-14-31(19-27)18-20-10-11-24-22(15-20)9-6-13-28-24/h6,9-11,13,15-16,21H,3-5,7-8,12,14,17-19H2,1-2H3. The highest BCUT2D eigenvalue weighted by molar-refractivity contribution is 5.83. The van der Waals surface area contributed by atoms with Gasteiger partial charge >= 0.3 is 0 Å². The van der Waals surface area contributed by atoms with Crippen LogP contribution >= 0.6 is 0 Å². The Hall–Kier alpha value is -2.73. The van der Waals surface area contributed by atoms with Gasteiger partial charge in [-0.1, -0.05) is 36.6 Å². The molecule has 1 aliphatic heterocycles. The molecule has 5 rings (SSSR count). The van der Waals surface area contributed by atoms with Gasteiger partial charge in [0.15, 0.2) is 0 Å². The summed E-state index contributed by atoms with van der Waals surface area (Å²) >= 11 is 0. The van der Waals surface area contributed by atoms with E-state index < -0.39 is 5.41 Å². The predicted molar refractivity (Wildman–Crippen MR) is 129 cm³/mol. The molecule has 2 fully saturated rings. The summed E-state index contributed by atoms with van der Waals surface area (Å²) in [6.07, 6.45) is 9.54. The topological polar surface area (TPSA) is 62.5 Å². The number of aromatic nitrogens is 2. The van der Waals surface area contributed by atoms with Crippen molar-refractivity contribution in [2.24, 2.45) is 5.41 Å². The Labute approximate surface area is 195 Å². The number of hydrogen-bond donors (Lipinski definition) is 0. The summed E-state index contributed by atoms with van der Waals surface area (Å²) in [5, 5.41) is 5.57. The molecule has 3 aromatic rings. The fourth-order valence-corrected chi connectivity index (χ4v) is 5.78. The van der Waals surface area contributed by atoms with Gasteiger partial charge in [0.05, 0.1) is 16.6 Å². The van der Waals surface area contributed by atoms with Gasteiger partial charge in [0.1, 0.15) is 5.76 Å². The van der Waals surface area contributed by atoms with Gasteiger partial charge in [-0.05, 0) is 49.6 Å². The van der Waals surface area contributed by atoms with Crippen molar-refractivity contribution in [3.05, 3.63) is 59.6 Å². The van der Waals surface area contributed by atoms with Gasteiger partial charge in [0, 0.05) is 57.2 Å². The summed E-state index contributed by atoms with van der Waals surface area (Å²) < 4.78 is 5.79. The Morgan fingerprint density at radius 2 is 2.03 bits per heavy atom. The van der Waals surface area contributed by atoms with Gasteiger partial charge < -0.3 is 9.42 Å². The Morgan fingerprint density at radius 3 is 2.85 bits per heavy atom. The SMILES string of the molecule is CN(C)C(=O)C1(Cc2cc(C3CCCCC3)no2)CCN(Cc2ccc3ncccc3c2)C1. The van der Waals surface area contributed by atoms with Gasteiger partial charge in [-0.2, -0.15) is 0 Å². The molecule has 1 unspecified atom stereocenters. The number of pyridine rings is 1. The molecule has 1 aliphatic carbocycles. The van der Waals surface area contributed by atoms with Crippen molar-refractivity contribution < 1.29 is 9.32 Å². The minimum Gasteiger partial charge on any atom is -0.361 e. The Bertz CT molecular complexity index is 1120. The summed E-state index contributed by atoms with van der Waals surface area (Å²) in [5.74, 6) is 1.55. The maximum Gasteiger partial charge on any atom is 0.230 e. The molecular formula is C27H34N4O2. The fraction of sp³-hybridized carbons (Fsp3) is 0.519. The van der Waals surface area contributed by atoms with Crippen LogP contribution in [0.5, 0.6) is 0 Å². The van der Waals surface area contributed by atoms with Crippen LogP contribution < -0.4 is 0 Å². The Balaban J connectivity index is 1.32. The van der Waals surface area contributed by atoms with E-state index in [0.717, 1.165) is 48.4 Å². The molecule has 0 radical (unpaired) electrons. The first-order chi connectivity index (χ1) is 16.0. The van der Waals surface area contributed by atoms with Crippen LogP contribution in [0.4, 0.5) is 0 Å². The lowest BCUT2D eigenvalue weighted by Gasteiger charge is -2.30. The first-order valence-corrected chi connectivity index (χ1v) is 12.3. The molecule has 1 atom stereocenters. The number of likely N-dealkylation sites (tertiary alicyclic amines) is 1. The number of nitrogens with zero attached hydrogens (tertiary/aromatic N) is 4. The predicted octanol–water partition coefficient (Wildman–Crippen LogP) is 4.79. The van der Waals surface area contributed by atoms with E-state index in [1.807, 2.05) is 26.4 Å². The number of amides is 1. The van der Waals surface area contributed by atoms with E-state index in [1.54, 1.807) is 4.90 Å². The van der Waals surface area contributed by atoms with E-state index >= 15 is 0 Å². The van der Waals surface area contributed by atoms with E-state index in [4.69, 9.17) is 4.52 Å². The molecule has 2 aliphatic rings. The fourth-order valence-electron chi connectivity index (χ4n) is 5.78. The summed E-state index contributed by atoms with van der Waals surface area (Å²) in [6, 6.07) is 12.6. The van der Waals surface area contributed by atoms with Crippen molar-refractivity contribution in [1.82, 2.24) is 19.9 Å². The highest BCUT2D eigenvalue weighted by Gasteiger charge is 2.46. The third-order valence-electron chi connectivity index (χ3n) is 7.48. The van der Waals surface area contributed by atoms with Gasteiger partial charge in [0.2, 0.25) is 5.91 Å². The largest absolute Gasteiger partial charge is 0.361 e. The van der Waals surface area contributed by atoms with E-state index in [9.17, 15) is 4.79 Å². The summed E-state index contributed by atoms with van der Waals surface area (Å²) in [5.41, 5.74) is 2.88. The smallest absolute Gasteiger partial charge is 0.230 e. The molecule has 3 heterocycles. The summed E-state index contributed by atoms with van der Waals surface area (Å²) in [4.78, 5) is 21.9. The maximum atomic E-state index is 13.4. The number of hydrogen-bond acceptors (Lipinski definition) is 5. The van der Waals surface area contributed by atoms with Crippen LogP contribution in [0.2, 0.25) is 0 Å². The first-order valence-electron chi connectivity index (χ1n) is 12.3. The highest BCUT2D eigenvalue weighted by atomic mass is 16.5. The van der Waals surface area contributed by atoms with Crippen LogP contribution in [0.3, 0.4) is 0 Å². The Morgan fingerprint density at radius 1 is 1.18 bits per heavy atom. The van der Waals surface area contributed by atoms with Crippen molar-refractivity contribution in [3.8, 4) is 0 Å². The van der Waals surface area contributed by atoms with Gasteiger partial charge in [-0.25, -0.2) is 0 Å². The minimum atomic E-state index is -0.467. The zero-order chi connectivity index (χ0) is 22.8. The third kappa shape index (κ3) is 4.67. The van der Waals surface area contributed by atoms with Crippen molar-refractivity contribution >= 4 is 16.8 Å². The minimum absolute atomic E-state index is 0.184. The number of benzene rings is 1. The van der Waals surface area contributed by atoms with E-state index in [0.29, 0.717) is 12.3 Å². The molecule has 33 heavy (non-hydrogen) atoms. The second kappa shape index (κ2) is 9.26. The van der Waals surface area contributed by atoms with Crippen LogP contribution in [-0.4, -0.2) is 53.0 Å². The van der Waals surface area contributed by atoms with Gasteiger partial charge in [0.25, 0.3) is 0 Å². The molecule has 0 spiro atoms. The number of carbonyl (C=O) groups is 1. The van der Waals surface area contributed by atoms with E-state index in [-0.39, 0.29) is 5.91 Å². The zero-order valence-electron chi connectivity index (χ0n) is 19.8. The molecular weight excluding hydrogens is 412 g/mol. The molecule has 174 valence electrons. The van der Waals surface area contributed by atoms with E-state index in [1.165, 1.54) is 37.7 Å². The maximum absolute atomic E-state index is 13.4. The molecule has 1 amide bonds. The van der Waals surface area contributed by atoms with E-state index in [2.05, 4.69) is 45.4 Å². The van der Waals surface area contributed by atoms with Crippen LogP contribution in [0, 0.1) is 5.41 Å². The third-order valence-corrected chi connectivity index (χ3v) is 7.48. The molecule has 0 bridgehead atoms. The number of rotatable bonds is 6. The van der Waals surface area contributed by atoms with Crippen LogP contribution in [0.25, 0.3) is 10.9 Å². The Kier molecular flexibility index (Phi) is 6.19. The monoisotopic (exact) mass is 446 g/mol. The molecule has 6 nitrogen and oxygen atoms in total. The normalized spacial score (nSPS) is 22.1. The molecule has 6 heteroatoms. The lowest BCUT2D eigenvalue weighted by Crippen LogP contribution is -2.43. The van der Waals surface area contributed by atoms with Crippen molar-refractivity contribution in [3.63, 3.8) is 0 Å². The first kappa shape index (κ1) is 22.1. The van der Waals surface area contributed by atoms with Crippen LogP contribution in [0.15, 0.2) is 47.1 Å². The van der Waals surface area contributed by atoms with Crippen molar-refractivity contribution in [1.29, 1.82) is 0 Å². The zero-order valence-corrected chi connectivity index (χ0v) is 19.8. The lowest BCUT2D eigenvalue weighted by molar-refractivity contribution is -0.139. The van der Waals surface area contributed by atoms with Crippen LogP contribution in [-0.2, 0) is 17.8 Å². The second-order valence-corrected chi connectivity index (χ2v) is 10.2. The summed E-state index contributed by atoms with van der Waals surface area (Å²) in [7, 11) is 3.72. The average molecular weight is 447 g/mol. The summed E-state index contributed by atoms with van der Waals surface area (Å²) in [6.45, 7) is 2.46. The molecule has 0 N–H and O–H groups in total. The lowest BCUT2D eigenvalue weighted by atomic mass is 9.80. The van der Waals surface area contributed by atoms with Crippen molar-refractivity contribution in [2.75, 3.05) is 27.2 Å². The molecule has 1 aromatic carbocycles. The van der Waals surface area contributed by atoms with Crippen LogP contribution in [0.1, 0.15) is 61.5 Å². The van der Waals surface area contributed by atoms with Gasteiger partial charge in [-0.15, -0.1) is 0 Å². The second-order valence-electron chi connectivity index (χ2n) is 10.2. The van der Waals surface area contributed by atoms with Gasteiger partial charge in [-0.3, -0.25) is 14.7 Å².